The van der Waals surface area contributed by atoms with Gasteiger partial charge in [0.25, 0.3) is 0 Å². The minimum absolute atomic E-state index is 0.0957. The van der Waals surface area contributed by atoms with E-state index in [0.717, 1.165) is 36.5 Å². The van der Waals surface area contributed by atoms with E-state index in [2.05, 4.69) is 15.4 Å². The SMILES string of the molecule is Fc1ccc(-c2ncn(-c3ccc(C4CNCCO4)cc3)n2)cc1. The van der Waals surface area contributed by atoms with Crippen molar-refractivity contribution in [2.24, 2.45) is 0 Å². The number of hydrogen-bond donors (Lipinski definition) is 1. The van der Waals surface area contributed by atoms with Gasteiger partial charge in [0.1, 0.15) is 12.1 Å². The highest BCUT2D eigenvalue weighted by Crippen LogP contribution is 2.21. The van der Waals surface area contributed by atoms with Crippen LogP contribution in [0.15, 0.2) is 54.9 Å². The number of nitrogens with zero attached hydrogens (tertiary/aromatic N) is 3. The van der Waals surface area contributed by atoms with Crippen molar-refractivity contribution in [1.82, 2.24) is 20.1 Å². The molecule has 5 nitrogen and oxygen atoms in total. The van der Waals surface area contributed by atoms with Gasteiger partial charge in [-0.15, -0.1) is 5.10 Å². The van der Waals surface area contributed by atoms with Crippen molar-refractivity contribution in [2.45, 2.75) is 6.10 Å². The fourth-order valence-corrected chi connectivity index (χ4v) is 2.74. The van der Waals surface area contributed by atoms with E-state index >= 15 is 0 Å². The number of halogens is 1. The monoisotopic (exact) mass is 324 g/mol. The zero-order valence-corrected chi connectivity index (χ0v) is 13.0. The van der Waals surface area contributed by atoms with Gasteiger partial charge in [0, 0.05) is 18.7 Å². The van der Waals surface area contributed by atoms with E-state index in [1.165, 1.54) is 12.1 Å². The van der Waals surface area contributed by atoms with Gasteiger partial charge in [-0.1, -0.05) is 12.1 Å². The first-order chi connectivity index (χ1) is 11.8. The van der Waals surface area contributed by atoms with E-state index < -0.39 is 0 Å². The summed E-state index contributed by atoms with van der Waals surface area (Å²) in [6, 6.07) is 14.2. The molecule has 1 fully saturated rings. The van der Waals surface area contributed by atoms with E-state index in [0.29, 0.717) is 5.82 Å². The summed E-state index contributed by atoms with van der Waals surface area (Å²) in [5.41, 5.74) is 2.85. The average molecular weight is 324 g/mol. The van der Waals surface area contributed by atoms with Crippen molar-refractivity contribution in [3.63, 3.8) is 0 Å². The van der Waals surface area contributed by atoms with E-state index in [-0.39, 0.29) is 11.9 Å². The van der Waals surface area contributed by atoms with Gasteiger partial charge in [0.05, 0.1) is 18.4 Å². The van der Waals surface area contributed by atoms with Crippen LogP contribution in [-0.2, 0) is 4.74 Å². The van der Waals surface area contributed by atoms with Gasteiger partial charge in [0.2, 0.25) is 0 Å². The third-order valence-corrected chi connectivity index (χ3v) is 4.05. The molecular formula is C18H17FN4O. The average Bonchev–Trinajstić information content (AvgIpc) is 3.13. The van der Waals surface area contributed by atoms with E-state index in [1.54, 1.807) is 23.1 Å². The van der Waals surface area contributed by atoms with Crippen LogP contribution in [0, 0.1) is 5.82 Å². The fourth-order valence-electron chi connectivity index (χ4n) is 2.74. The molecule has 1 saturated heterocycles. The summed E-state index contributed by atoms with van der Waals surface area (Å²) in [5.74, 6) is 0.298. The number of morpholine rings is 1. The van der Waals surface area contributed by atoms with Crippen molar-refractivity contribution >= 4 is 0 Å². The van der Waals surface area contributed by atoms with Gasteiger partial charge in [-0.3, -0.25) is 0 Å². The molecule has 0 radical (unpaired) electrons. The second kappa shape index (κ2) is 6.51. The van der Waals surface area contributed by atoms with Gasteiger partial charge >= 0.3 is 0 Å². The van der Waals surface area contributed by atoms with Crippen LogP contribution >= 0.6 is 0 Å². The lowest BCUT2D eigenvalue weighted by Crippen LogP contribution is -2.33. The molecule has 1 unspecified atom stereocenters. The van der Waals surface area contributed by atoms with E-state index in [9.17, 15) is 4.39 Å². The number of ether oxygens (including phenoxy) is 1. The van der Waals surface area contributed by atoms with Crippen molar-refractivity contribution in [3.05, 3.63) is 66.2 Å². The lowest BCUT2D eigenvalue weighted by molar-refractivity contribution is 0.0277. The molecule has 0 amide bonds. The van der Waals surface area contributed by atoms with Crippen molar-refractivity contribution in [1.29, 1.82) is 0 Å². The van der Waals surface area contributed by atoms with Crippen molar-refractivity contribution in [2.75, 3.05) is 19.7 Å². The van der Waals surface area contributed by atoms with Crippen LogP contribution in [0.25, 0.3) is 17.1 Å². The predicted molar refractivity (Wildman–Crippen MR) is 88.3 cm³/mol. The van der Waals surface area contributed by atoms with Crippen LogP contribution < -0.4 is 5.32 Å². The summed E-state index contributed by atoms with van der Waals surface area (Å²) in [6.45, 7) is 2.47. The number of nitrogens with one attached hydrogen (secondary N) is 1. The standard InChI is InChI=1S/C18H17FN4O/c19-15-5-1-14(2-6-15)18-21-12-23(22-18)16-7-3-13(4-8-16)17-11-20-9-10-24-17/h1-8,12,17,20H,9-11H2. The van der Waals surface area contributed by atoms with E-state index in [4.69, 9.17) is 4.74 Å². The maximum Gasteiger partial charge on any atom is 0.181 e. The second-order valence-corrected chi connectivity index (χ2v) is 5.67. The maximum absolute atomic E-state index is 13.0. The molecule has 2 heterocycles. The molecule has 1 N–H and O–H groups in total. The summed E-state index contributed by atoms with van der Waals surface area (Å²) >= 11 is 0. The zero-order chi connectivity index (χ0) is 16.4. The molecule has 0 spiro atoms. The summed E-state index contributed by atoms with van der Waals surface area (Å²) in [7, 11) is 0. The molecule has 1 aliphatic heterocycles. The third kappa shape index (κ3) is 3.06. The zero-order valence-electron chi connectivity index (χ0n) is 13.0. The van der Waals surface area contributed by atoms with Crippen LogP contribution in [0.4, 0.5) is 4.39 Å². The summed E-state index contributed by atoms with van der Waals surface area (Å²) < 4.78 is 20.5. The highest BCUT2D eigenvalue weighted by atomic mass is 19.1. The second-order valence-electron chi connectivity index (χ2n) is 5.67. The van der Waals surface area contributed by atoms with Crippen molar-refractivity contribution < 1.29 is 9.13 Å². The Hall–Kier alpha value is -2.57. The molecule has 0 bridgehead atoms. The first-order valence-electron chi connectivity index (χ1n) is 7.90. The Labute approximate surface area is 139 Å². The molecule has 2 aromatic carbocycles. The highest BCUT2D eigenvalue weighted by molar-refractivity contribution is 5.54. The quantitative estimate of drug-likeness (QED) is 0.805. The molecule has 3 aromatic rings. The molecule has 0 saturated carbocycles. The molecule has 1 atom stereocenters. The highest BCUT2D eigenvalue weighted by Gasteiger charge is 2.15. The molecule has 122 valence electrons. The smallest absolute Gasteiger partial charge is 0.181 e. The maximum atomic E-state index is 13.0. The Morgan fingerprint density at radius 1 is 1.08 bits per heavy atom. The minimum Gasteiger partial charge on any atom is -0.371 e. The fraction of sp³-hybridized carbons (Fsp3) is 0.222. The number of aromatic nitrogens is 3. The predicted octanol–water partition coefficient (Wildman–Crippen LogP) is 2.73. The lowest BCUT2D eigenvalue weighted by atomic mass is 10.1. The van der Waals surface area contributed by atoms with Crippen LogP contribution in [0.1, 0.15) is 11.7 Å². The normalized spacial score (nSPS) is 17.8. The molecule has 24 heavy (non-hydrogen) atoms. The minimum atomic E-state index is -0.270. The largest absolute Gasteiger partial charge is 0.371 e. The third-order valence-electron chi connectivity index (χ3n) is 4.05. The number of hydrogen-bond acceptors (Lipinski definition) is 4. The van der Waals surface area contributed by atoms with Crippen LogP contribution in [0.3, 0.4) is 0 Å². The Kier molecular flexibility index (Phi) is 4.06. The number of benzene rings is 2. The summed E-state index contributed by atoms with van der Waals surface area (Å²) in [4.78, 5) is 4.30. The van der Waals surface area contributed by atoms with Gasteiger partial charge in [-0.25, -0.2) is 14.1 Å². The van der Waals surface area contributed by atoms with Crippen LogP contribution in [-0.4, -0.2) is 34.5 Å². The van der Waals surface area contributed by atoms with E-state index in [1.807, 2.05) is 24.3 Å². The Balaban J connectivity index is 1.54. The van der Waals surface area contributed by atoms with Gasteiger partial charge in [-0.2, -0.15) is 0 Å². The van der Waals surface area contributed by atoms with Crippen LogP contribution in [0.2, 0.25) is 0 Å². The van der Waals surface area contributed by atoms with Gasteiger partial charge < -0.3 is 10.1 Å². The van der Waals surface area contributed by atoms with Gasteiger partial charge in [-0.05, 0) is 42.0 Å². The van der Waals surface area contributed by atoms with Crippen LogP contribution in [0.5, 0.6) is 0 Å². The Bertz CT molecular complexity index is 808. The van der Waals surface area contributed by atoms with Gasteiger partial charge in [0.15, 0.2) is 5.82 Å². The first kappa shape index (κ1) is 15.0. The molecule has 1 aliphatic rings. The Morgan fingerprint density at radius 3 is 2.58 bits per heavy atom. The molecule has 1 aromatic heterocycles. The van der Waals surface area contributed by atoms with Crippen molar-refractivity contribution in [3.8, 4) is 17.1 Å². The molecule has 6 heteroatoms. The first-order valence-corrected chi connectivity index (χ1v) is 7.90. The number of rotatable bonds is 3. The summed E-state index contributed by atoms with van der Waals surface area (Å²) in [6.07, 6.45) is 1.75. The summed E-state index contributed by atoms with van der Waals surface area (Å²) in [5, 5.41) is 7.79. The Morgan fingerprint density at radius 2 is 1.88 bits per heavy atom. The topological polar surface area (TPSA) is 52.0 Å². The molecule has 4 rings (SSSR count). The molecular weight excluding hydrogens is 307 g/mol. The lowest BCUT2D eigenvalue weighted by Gasteiger charge is -2.24. The molecule has 0 aliphatic carbocycles.